The lowest BCUT2D eigenvalue weighted by atomic mass is 9.98. The summed E-state index contributed by atoms with van der Waals surface area (Å²) >= 11 is 0. The summed E-state index contributed by atoms with van der Waals surface area (Å²) in [6, 6.07) is 10.7. The summed E-state index contributed by atoms with van der Waals surface area (Å²) in [4.78, 5) is 7.24. The Labute approximate surface area is 152 Å². The van der Waals surface area contributed by atoms with E-state index in [9.17, 15) is 17.6 Å². The number of H-pyrrole nitrogens is 1. The van der Waals surface area contributed by atoms with Gasteiger partial charge in [0.1, 0.15) is 29.1 Å². The van der Waals surface area contributed by atoms with Gasteiger partial charge in [-0.1, -0.05) is 18.2 Å². The van der Waals surface area contributed by atoms with E-state index in [1.54, 1.807) is 19.1 Å². The summed E-state index contributed by atoms with van der Waals surface area (Å²) in [5.41, 5.74) is 1.98. The molecule has 0 saturated heterocycles. The second kappa shape index (κ2) is 6.54. The number of nitrogens with zero attached hydrogens (tertiary/aromatic N) is 1. The van der Waals surface area contributed by atoms with E-state index < -0.39 is 23.3 Å². The molecular formula is C21H14F4N2. The smallest absolute Gasteiger partial charge is 0.144 e. The van der Waals surface area contributed by atoms with Crippen LogP contribution in [0.1, 0.15) is 16.7 Å². The number of aryl methyl sites for hydroxylation is 1. The molecule has 0 fully saturated rings. The molecule has 2 nitrogen and oxygen atoms in total. The summed E-state index contributed by atoms with van der Waals surface area (Å²) in [6.45, 7) is 1.80. The minimum Gasteiger partial charge on any atom is -0.338 e. The first-order chi connectivity index (χ1) is 13.0. The van der Waals surface area contributed by atoms with Gasteiger partial charge in [-0.05, 0) is 48.4 Å². The van der Waals surface area contributed by atoms with Gasteiger partial charge in [0.15, 0.2) is 0 Å². The van der Waals surface area contributed by atoms with Crippen LogP contribution in [-0.2, 0) is 6.42 Å². The van der Waals surface area contributed by atoms with Crippen LogP contribution in [0.2, 0.25) is 0 Å². The molecule has 1 N–H and O–H groups in total. The molecule has 6 heteroatoms. The van der Waals surface area contributed by atoms with Crippen LogP contribution in [0.5, 0.6) is 0 Å². The highest BCUT2D eigenvalue weighted by atomic mass is 19.1. The molecule has 0 amide bonds. The minimum absolute atomic E-state index is 0.0221. The Morgan fingerprint density at radius 1 is 0.778 bits per heavy atom. The van der Waals surface area contributed by atoms with E-state index in [1.807, 2.05) is 0 Å². The summed E-state index contributed by atoms with van der Waals surface area (Å²) in [5.74, 6) is -2.76. The number of aromatic nitrogens is 2. The van der Waals surface area contributed by atoms with Crippen LogP contribution in [0.25, 0.3) is 22.4 Å². The number of nitrogens with one attached hydrogen (secondary N) is 1. The van der Waals surface area contributed by atoms with Gasteiger partial charge in [0.25, 0.3) is 0 Å². The molecule has 4 aromatic rings. The van der Waals surface area contributed by atoms with Crippen LogP contribution in [0.3, 0.4) is 0 Å². The zero-order valence-corrected chi connectivity index (χ0v) is 14.3. The zero-order valence-electron chi connectivity index (χ0n) is 14.3. The monoisotopic (exact) mass is 370 g/mol. The van der Waals surface area contributed by atoms with E-state index in [0.29, 0.717) is 16.6 Å². The van der Waals surface area contributed by atoms with Crippen molar-refractivity contribution >= 4 is 11.0 Å². The van der Waals surface area contributed by atoms with Crippen molar-refractivity contribution in [1.82, 2.24) is 9.97 Å². The van der Waals surface area contributed by atoms with Crippen molar-refractivity contribution in [1.29, 1.82) is 0 Å². The van der Waals surface area contributed by atoms with E-state index in [4.69, 9.17) is 0 Å². The molecule has 0 saturated carbocycles. The molecule has 0 radical (unpaired) electrons. The van der Waals surface area contributed by atoms with E-state index in [-0.39, 0.29) is 23.4 Å². The number of rotatable bonds is 3. The standard InChI is InChI=1S/C21H14F4N2/c1-11-8-9-18-20(12(11)10-13-14(22)4-2-5-15(13)23)27-21(26-18)19-16(24)6-3-7-17(19)25/h2-9H,10H2,1H3,(H,26,27). The third kappa shape index (κ3) is 2.97. The van der Waals surface area contributed by atoms with Gasteiger partial charge in [-0.15, -0.1) is 0 Å². The van der Waals surface area contributed by atoms with Gasteiger partial charge < -0.3 is 4.98 Å². The first-order valence-electron chi connectivity index (χ1n) is 8.31. The molecule has 1 heterocycles. The molecule has 0 spiro atoms. The molecule has 0 aliphatic carbocycles. The first kappa shape index (κ1) is 17.3. The molecule has 136 valence electrons. The fourth-order valence-corrected chi connectivity index (χ4v) is 3.18. The average Bonchev–Trinajstić information content (AvgIpc) is 3.03. The van der Waals surface area contributed by atoms with Crippen LogP contribution in [0.15, 0.2) is 48.5 Å². The van der Waals surface area contributed by atoms with E-state index >= 15 is 0 Å². The second-order valence-electron chi connectivity index (χ2n) is 6.32. The van der Waals surface area contributed by atoms with Crippen molar-refractivity contribution in [2.45, 2.75) is 13.3 Å². The minimum atomic E-state index is -0.743. The molecule has 0 unspecified atom stereocenters. The summed E-state index contributed by atoms with van der Waals surface area (Å²) < 4.78 is 56.3. The number of aromatic amines is 1. The summed E-state index contributed by atoms with van der Waals surface area (Å²) in [5, 5.41) is 0. The van der Waals surface area contributed by atoms with Crippen LogP contribution in [-0.4, -0.2) is 9.97 Å². The molecule has 27 heavy (non-hydrogen) atoms. The summed E-state index contributed by atoms with van der Waals surface area (Å²) in [7, 11) is 0. The topological polar surface area (TPSA) is 28.7 Å². The fraction of sp³-hybridized carbons (Fsp3) is 0.0952. The van der Waals surface area contributed by atoms with Gasteiger partial charge in [0.2, 0.25) is 0 Å². The molecule has 3 aromatic carbocycles. The lowest BCUT2D eigenvalue weighted by Crippen LogP contribution is -2.00. The average molecular weight is 370 g/mol. The maximum atomic E-state index is 14.1. The first-order valence-corrected chi connectivity index (χ1v) is 8.31. The second-order valence-corrected chi connectivity index (χ2v) is 6.32. The van der Waals surface area contributed by atoms with Crippen molar-refractivity contribution < 1.29 is 17.6 Å². The molecule has 1 aromatic heterocycles. The highest BCUT2D eigenvalue weighted by Crippen LogP contribution is 2.30. The maximum Gasteiger partial charge on any atom is 0.144 e. The number of imidazole rings is 1. The fourth-order valence-electron chi connectivity index (χ4n) is 3.18. The lowest BCUT2D eigenvalue weighted by Gasteiger charge is -2.09. The van der Waals surface area contributed by atoms with Gasteiger partial charge in [-0.25, -0.2) is 22.5 Å². The largest absolute Gasteiger partial charge is 0.338 e. The number of hydrogen-bond donors (Lipinski definition) is 1. The quantitative estimate of drug-likeness (QED) is 0.462. The Morgan fingerprint density at radius 3 is 2.00 bits per heavy atom. The number of benzene rings is 3. The van der Waals surface area contributed by atoms with Crippen molar-refractivity contribution in [3.63, 3.8) is 0 Å². The maximum absolute atomic E-state index is 14.1. The number of hydrogen-bond acceptors (Lipinski definition) is 1. The van der Waals surface area contributed by atoms with Crippen LogP contribution < -0.4 is 0 Å². The van der Waals surface area contributed by atoms with Crippen LogP contribution in [0.4, 0.5) is 17.6 Å². The van der Waals surface area contributed by atoms with Gasteiger partial charge in [-0.2, -0.15) is 0 Å². The highest BCUT2D eigenvalue weighted by Gasteiger charge is 2.19. The molecule has 0 aliphatic heterocycles. The third-order valence-electron chi connectivity index (χ3n) is 4.61. The van der Waals surface area contributed by atoms with Gasteiger partial charge in [-0.3, -0.25) is 0 Å². The van der Waals surface area contributed by atoms with Crippen molar-refractivity contribution in [2.75, 3.05) is 0 Å². The Morgan fingerprint density at radius 2 is 1.37 bits per heavy atom. The normalized spacial score (nSPS) is 11.3. The van der Waals surface area contributed by atoms with Crippen molar-refractivity contribution in [2.24, 2.45) is 0 Å². The van der Waals surface area contributed by atoms with E-state index in [1.165, 1.54) is 24.3 Å². The van der Waals surface area contributed by atoms with Gasteiger partial charge in [0.05, 0.1) is 16.6 Å². The molecular weight excluding hydrogens is 356 g/mol. The molecule has 0 atom stereocenters. The predicted octanol–water partition coefficient (Wildman–Crippen LogP) is 5.69. The van der Waals surface area contributed by atoms with Crippen LogP contribution in [0, 0.1) is 30.2 Å². The van der Waals surface area contributed by atoms with Crippen molar-refractivity contribution in [3.05, 3.63) is 88.5 Å². The van der Waals surface area contributed by atoms with Gasteiger partial charge in [0, 0.05) is 12.0 Å². The molecule has 4 rings (SSSR count). The van der Waals surface area contributed by atoms with Crippen LogP contribution >= 0.6 is 0 Å². The summed E-state index contributed by atoms with van der Waals surface area (Å²) in [6.07, 6.45) is -0.0221. The SMILES string of the molecule is Cc1ccc2[nH]c(-c3c(F)cccc3F)nc2c1Cc1c(F)cccc1F. The Kier molecular flexibility index (Phi) is 4.18. The Bertz CT molecular complexity index is 1120. The highest BCUT2D eigenvalue weighted by molar-refractivity contribution is 5.84. The van der Waals surface area contributed by atoms with Crippen molar-refractivity contribution in [3.8, 4) is 11.4 Å². The molecule has 0 aliphatic rings. The van der Waals surface area contributed by atoms with E-state index in [2.05, 4.69) is 9.97 Å². The lowest BCUT2D eigenvalue weighted by molar-refractivity contribution is 0.561. The van der Waals surface area contributed by atoms with Gasteiger partial charge >= 0.3 is 0 Å². The Balaban J connectivity index is 1.90. The predicted molar refractivity (Wildman–Crippen MR) is 95.3 cm³/mol. The van der Waals surface area contributed by atoms with E-state index in [0.717, 1.165) is 17.7 Å². The number of fused-ring (bicyclic) bond motifs is 1. The third-order valence-corrected chi connectivity index (χ3v) is 4.61. The zero-order chi connectivity index (χ0) is 19.1. The Hall–Kier alpha value is -3.15. The molecule has 0 bridgehead atoms. The number of halogens is 4.